The van der Waals surface area contributed by atoms with E-state index in [4.69, 9.17) is 0 Å². The Bertz CT molecular complexity index is 648. The Morgan fingerprint density at radius 3 is 2.43 bits per heavy atom. The fourth-order valence-corrected chi connectivity index (χ4v) is 3.08. The Balaban J connectivity index is 2.50. The van der Waals surface area contributed by atoms with E-state index in [1.807, 2.05) is 0 Å². The van der Waals surface area contributed by atoms with E-state index in [1.54, 1.807) is 0 Å². The Morgan fingerprint density at radius 1 is 1.10 bits per heavy atom. The molecule has 0 fully saturated rings. The van der Waals surface area contributed by atoms with Gasteiger partial charge in [0.15, 0.2) is 0 Å². The van der Waals surface area contributed by atoms with E-state index in [0.29, 0.717) is 0 Å². The van der Waals surface area contributed by atoms with E-state index < -0.39 is 0 Å². The standard InChI is InChI=1S/C21H26/c1-6-19(21-14-10-8-12-16(21)3)17(4)18(5)20-13-9-7-11-15(20)2/h6,8-10,12-14H,7,11H2,1-5H3/b18-17+,19-6+. The quantitative estimate of drug-likeness (QED) is 0.561. The highest BCUT2D eigenvalue weighted by molar-refractivity contribution is 5.82. The minimum absolute atomic E-state index is 1.18. The maximum atomic E-state index is 2.29. The zero-order chi connectivity index (χ0) is 15.4. The van der Waals surface area contributed by atoms with Crippen molar-refractivity contribution in [3.63, 3.8) is 0 Å². The largest absolute Gasteiger partial charge is 0.0836 e. The molecule has 0 nitrogen and oxygen atoms in total. The Morgan fingerprint density at radius 2 is 1.81 bits per heavy atom. The van der Waals surface area contributed by atoms with Crippen LogP contribution in [0, 0.1) is 6.92 Å². The average molecular weight is 278 g/mol. The normalized spacial score (nSPS) is 17.1. The summed E-state index contributed by atoms with van der Waals surface area (Å²) in [6.45, 7) is 11.1. The first-order valence-electron chi connectivity index (χ1n) is 7.83. The van der Waals surface area contributed by atoms with Gasteiger partial charge in [-0.3, -0.25) is 0 Å². The molecule has 1 aliphatic rings. The minimum atomic E-state index is 1.18. The molecule has 0 aliphatic heterocycles. The number of hydrogen-bond donors (Lipinski definition) is 0. The molecule has 0 N–H and O–H groups in total. The van der Waals surface area contributed by atoms with Gasteiger partial charge in [0.1, 0.15) is 0 Å². The summed E-state index contributed by atoms with van der Waals surface area (Å²) in [5, 5.41) is 0. The van der Waals surface area contributed by atoms with Gasteiger partial charge in [-0.05, 0) is 80.9 Å². The van der Waals surface area contributed by atoms with Gasteiger partial charge in [-0.15, -0.1) is 0 Å². The number of benzene rings is 1. The third kappa shape index (κ3) is 3.26. The van der Waals surface area contributed by atoms with Crippen molar-refractivity contribution in [2.45, 2.75) is 47.5 Å². The number of hydrogen-bond acceptors (Lipinski definition) is 0. The van der Waals surface area contributed by atoms with Crippen molar-refractivity contribution in [1.29, 1.82) is 0 Å². The van der Waals surface area contributed by atoms with Crippen LogP contribution in [-0.2, 0) is 0 Å². The fourth-order valence-electron chi connectivity index (χ4n) is 3.08. The van der Waals surface area contributed by atoms with Crippen LogP contribution in [0.15, 0.2) is 64.8 Å². The van der Waals surface area contributed by atoms with E-state index in [-0.39, 0.29) is 0 Å². The van der Waals surface area contributed by atoms with Crippen LogP contribution in [0.5, 0.6) is 0 Å². The molecular formula is C21H26. The lowest BCUT2D eigenvalue weighted by Gasteiger charge is -2.18. The van der Waals surface area contributed by atoms with Crippen molar-refractivity contribution in [2.24, 2.45) is 0 Å². The lowest BCUT2D eigenvalue weighted by atomic mass is 9.86. The van der Waals surface area contributed by atoms with Crippen molar-refractivity contribution >= 4 is 5.57 Å². The molecule has 0 heterocycles. The molecule has 1 aromatic carbocycles. The van der Waals surface area contributed by atoms with Crippen LogP contribution in [0.3, 0.4) is 0 Å². The molecule has 0 atom stereocenters. The second kappa shape index (κ2) is 6.76. The first-order valence-corrected chi connectivity index (χ1v) is 7.83. The van der Waals surface area contributed by atoms with Crippen LogP contribution in [0.2, 0.25) is 0 Å². The lowest BCUT2D eigenvalue weighted by Crippen LogP contribution is -1.98. The zero-order valence-electron chi connectivity index (χ0n) is 14.0. The van der Waals surface area contributed by atoms with Gasteiger partial charge in [-0.25, -0.2) is 0 Å². The predicted octanol–water partition coefficient (Wildman–Crippen LogP) is 6.40. The first-order chi connectivity index (χ1) is 10.1. The number of rotatable bonds is 3. The zero-order valence-corrected chi connectivity index (χ0v) is 14.0. The van der Waals surface area contributed by atoms with Gasteiger partial charge in [0.2, 0.25) is 0 Å². The van der Waals surface area contributed by atoms with E-state index in [2.05, 4.69) is 77.1 Å². The SMILES string of the molecule is C/C=C(\C(C)=C(/C)C1=C(C)CCC=C1)c1ccccc1C. The minimum Gasteiger partial charge on any atom is -0.0836 e. The molecule has 0 heteroatoms. The fraction of sp³-hybridized carbons (Fsp3) is 0.333. The molecule has 0 saturated heterocycles. The van der Waals surface area contributed by atoms with E-state index in [9.17, 15) is 0 Å². The summed E-state index contributed by atoms with van der Waals surface area (Å²) in [7, 11) is 0. The van der Waals surface area contributed by atoms with E-state index >= 15 is 0 Å². The maximum Gasteiger partial charge on any atom is -0.0155 e. The van der Waals surface area contributed by atoms with Gasteiger partial charge in [0.05, 0.1) is 0 Å². The molecule has 110 valence electrons. The van der Waals surface area contributed by atoms with Crippen LogP contribution in [0.1, 0.15) is 51.7 Å². The van der Waals surface area contributed by atoms with Gasteiger partial charge in [0, 0.05) is 0 Å². The van der Waals surface area contributed by atoms with E-state index in [0.717, 1.165) is 0 Å². The average Bonchev–Trinajstić information content (AvgIpc) is 2.49. The summed E-state index contributed by atoms with van der Waals surface area (Å²) in [6, 6.07) is 8.64. The third-order valence-corrected chi connectivity index (χ3v) is 4.52. The molecule has 0 spiro atoms. The maximum absolute atomic E-state index is 2.29. The first kappa shape index (κ1) is 15.6. The van der Waals surface area contributed by atoms with Crippen molar-refractivity contribution in [3.8, 4) is 0 Å². The van der Waals surface area contributed by atoms with Crippen LogP contribution in [0.4, 0.5) is 0 Å². The van der Waals surface area contributed by atoms with Crippen molar-refractivity contribution in [3.05, 3.63) is 75.9 Å². The number of allylic oxidation sites excluding steroid dienone is 8. The topological polar surface area (TPSA) is 0 Å². The molecule has 1 aliphatic carbocycles. The van der Waals surface area contributed by atoms with Crippen molar-refractivity contribution < 1.29 is 0 Å². The predicted molar refractivity (Wildman–Crippen MR) is 94.3 cm³/mol. The molecule has 0 unspecified atom stereocenters. The van der Waals surface area contributed by atoms with Gasteiger partial charge in [-0.1, -0.05) is 48.1 Å². The Kier molecular flexibility index (Phi) is 5.01. The van der Waals surface area contributed by atoms with Gasteiger partial charge in [0.25, 0.3) is 0 Å². The summed E-state index contributed by atoms with van der Waals surface area (Å²) in [5.41, 5.74) is 9.75. The highest BCUT2D eigenvalue weighted by atomic mass is 14.2. The lowest BCUT2D eigenvalue weighted by molar-refractivity contribution is 0.940. The molecule has 0 saturated carbocycles. The second-order valence-electron chi connectivity index (χ2n) is 5.90. The van der Waals surface area contributed by atoms with Gasteiger partial charge < -0.3 is 0 Å². The Hall–Kier alpha value is -1.82. The summed E-state index contributed by atoms with van der Waals surface area (Å²) in [6.07, 6.45) is 9.19. The molecule has 1 aromatic rings. The van der Waals surface area contributed by atoms with E-state index in [1.165, 1.54) is 51.8 Å². The molecule has 0 radical (unpaired) electrons. The molecule has 0 amide bonds. The smallest absolute Gasteiger partial charge is 0.0155 e. The van der Waals surface area contributed by atoms with Crippen LogP contribution < -0.4 is 0 Å². The van der Waals surface area contributed by atoms with Gasteiger partial charge >= 0.3 is 0 Å². The molecular weight excluding hydrogens is 252 g/mol. The third-order valence-electron chi connectivity index (χ3n) is 4.52. The summed E-state index contributed by atoms with van der Waals surface area (Å²) in [5.74, 6) is 0. The Labute approximate surface area is 129 Å². The second-order valence-corrected chi connectivity index (χ2v) is 5.90. The molecule has 2 rings (SSSR count). The summed E-state index contributed by atoms with van der Waals surface area (Å²) < 4.78 is 0. The van der Waals surface area contributed by atoms with Crippen LogP contribution in [0.25, 0.3) is 5.57 Å². The monoisotopic (exact) mass is 278 g/mol. The van der Waals surface area contributed by atoms with Crippen LogP contribution >= 0.6 is 0 Å². The highest BCUT2D eigenvalue weighted by Crippen LogP contribution is 2.33. The summed E-state index contributed by atoms with van der Waals surface area (Å²) >= 11 is 0. The van der Waals surface area contributed by atoms with Crippen molar-refractivity contribution in [2.75, 3.05) is 0 Å². The highest BCUT2D eigenvalue weighted by Gasteiger charge is 2.12. The van der Waals surface area contributed by atoms with Crippen LogP contribution in [-0.4, -0.2) is 0 Å². The molecule has 0 bridgehead atoms. The van der Waals surface area contributed by atoms with Gasteiger partial charge in [-0.2, -0.15) is 0 Å². The van der Waals surface area contributed by atoms with Crippen molar-refractivity contribution in [1.82, 2.24) is 0 Å². The molecule has 0 aromatic heterocycles. The molecule has 21 heavy (non-hydrogen) atoms. The summed E-state index contributed by atoms with van der Waals surface area (Å²) in [4.78, 5) is 0. The number of aryl methyl sites for hydroxylation is 1.